The number of hydrogen-bond donors (Lipinski definition) is 1. The van der Waals surface area contributed by atoms with Gasteiger partial charge in [0.15, 0.2) is 5.58 Å². The maximum Gasteiger partial charge on any atom is 0.201 e. The van der Waals surface area contributed by atoms with Crippen LogP contribution in [0.1, 0.15) is 44.1 Å². The zero-order valence-corrected chi connectivity index (χ0v) is 11.8. The van der Waals surface area contributed by atoms with E-state index in [1.165, 1.54) is 18.4 Å². The molecule has 1 fully saturated rings. The Kier molecular flexibility index (Phi) is 3.31. The van der Waals surface area contributed by atoms with Crippen LogP contribution in [0.3, 0.4) is 0 Å². The minimum atomic E-state index is 0.146. The van der Waals surface area contributed by atoms with E-state index in [-0.39, 0.29) is 5.41 Å². The standard InChI is InChI=1S/C16H22N2O/c1-3-6-16(7-9-17-10-8-16)15-18-13-5-4-12(2)11-14(13)19-15/h4-5,11,17H,3,6-10H2,1-2H3. The van der Waals surface area contributed by atoms with Gasteiger partial charge in [-0.3, -0.25) is 0 Å². The fourth-order valence-corrected chi connectivity index (χ4v) is 3.21. The first kappa shape index (κ1) is 12.7. The normalized spacial score (nSPS) is 18.8. The number of aromatic nitrogens is 1. The summed E-state index contributed by atoms with van der Waals surface area (Å²) in [6.07, 6.45) is 4.61. The molecule has 0 bridgehead atoms. The van der Waals surface area contributed by atoms with Gasteiger partial charge in [-0.15, -0.1) is 0 Å². The molecular formula is C16H22N2O. The van der Waals surface area contributed by atoms with Crippen LogP contribution in [0.15, 0.2) is 22.6 Å². The van der Waals surface area contributed by atoms with Gasteiger partial charge in [0.25, 0.3) is 0 Å². The third-order valence-electron chi connectivity index (χ3n) is 4.29. The lowest BCUT2D eigenvalue weighted by Crippen LogP contribution is -2.40. The SMILES string of the molecule is CCCC1(c2nc3ccc(C)cc3o2)CCNCC1. The summed E-state index contributed by atoms with van der Waals surface area (Å²) in [4.78, 5) is 4.77. The molecule has 3 heteroatoms. The van der Waals surface area contributed by atoms with E-state index in [1.54, 1.807) is 0 Å². The molecule has 0 saturated carbocycles. The van der Waals surface area contributed by atoms with E-state index in [1.807, 2.05) is 0 Å². The molecule has 1 saturated heterocycles. The van der Waals surface area contributed by atoms with Gasteiger partial charge in [0.05, 0.1) is 0 Å². The maximum absolute atomic E-state index is 6.11. The Hall–Kier alpha value is -1.35. The van der Waals surface area contributed by atoms with Crippen LogP contribution in [0.25, 0.3) is 11.1 Å². The average molecular weight is 258 g/mol. The summed E-state index contributed by atoms with van der Waals surface area (Å²) in [6, 6.07) is 6.26. The van der Waals surface area contributed by atoms with Crippen molar-refractivity contribution in [1.29, 1.82) is 0 Å². The molecular weight excluding hydrogens is 236 g/mol. The molecule has 1 aromatic heterocycles. The molecule has 0 spiro atoms. The van der Waals surface area contributed by atoms with Crippen LogP contribution in [-0.2, 0) is 5.41 Å². The fourth-order valence-electron chi connectivity index (χ4n) is 3.21. The molecule has 0 atom stereocenters. The smallest absolute Gasteiger partial charge is 0.201 e. The molecule has 102 valence electrons. The van der Waals surface area contributed by atoms with Gasteiger partial charge >= 0.3 is 0 Å². The number of aryl methyl sites for hydroxylation is 1. The Morgan fingerprint density at radius 3 is 2.84 bits per heavy atom. The highest BCUT2D eigenvalue weighted by Gasteiger charge is 2.37. The number of benzene rings is 1. The average Bonchev–Trinajstić information content (AvgIpc) is 2.83. The van der Waals surface area contributed by atoms with Gasteiger partial charge in [-0.25, -0.2) is 4.98 Å². The number of piperidine rings is 1. The van der Waals surface area contributed by atoms with Crippen molar-refractivity contribution in [2.24, 2.45) is 0 Å². The van der Waals surface area contributed by atoms with Gasteiger partial charge < -0.3 is 9.73 Å². The van der Waals surface area contributed by atoms with Gasteiger partial charge in [0, 0.05) is 5.41 Å². The number of nitrogens with one attached hydrogen (secondary N) is 1. The van der Waals surface area contributed by atoms with Crippen LogP contribution >= 0.6 is 0 Å². The highest BCUT2D eigenvalue weighted by molar-refractivity contribution is 5.73. The summed E-state index contributed by atoms with van der Waals surface area (Å²) in [5, 5.41) is 3.44. The van der Waals surface area contributed by atoms with Crippen molar-refractivity contribution in [2.45, 2.75) is 44.9 Å². The van der Waals surface area contributed by atoms with E-state index in [9.17, 15) is 0 Å². The third-order valence-corrected chi connectivity index (χ3v) is 4.29. The molecule has 1 N–H and O–H groups in total. The number of hydrogen-bond acceptors (Lipinski definition) is 3. The van der Waals surface area contributed by atoms with Crippen LogP contribution < -0.4 is 5.32 Å². The number of fused-ring (bicyclic) bond motifs is 1. The predicted molar refractivity (Wildman–Crippen MR) is 77.4 cm³/mol. The summed E-state index contributed by atoms with van der Waals surface area (Å²) in [7, 11) is 0. The first-order chi connectivity index (χ1) is 9.23. The molecule has 19 heavy (non-hydrogen) atoms. The number of rotatable bonds is 3. The minimum Gasteiger partial charge on any atom is -0.440 e. The molecule has 0 unspecified atom stereocenters. The Morgan fingerprint density at radius 1 is 1.32 bits per heavy atom. The first-order valence-electron chi connectivity index (χ1n) is 7.32. The molecule has 1 aliphatic heterocycles. The lowest BCUT2D eigenvalue weighted by Gasteiger charge is -2.34. The van der Waals surface area contributed by atoms with Crippen molar-refractivity contribution in [2.75, 3.05) is 13.1 Å². The van der Waals surface area contributed by atoms with E-state index in [0.29, 0.717) is 0 Å². The van der Waals surface area contributed by atoms with Gasteiger partial charge in [-0.2, -0.15) is 0 Å². The van der Waals surface area contributed by atoms with Crippen molar-refractivity contribution in [1.82, 2.24) is 10.3 Å². The predicted octanol–water partition coefficient (Wildman–Crippen LogP) is 3.56. The summed E-state index contributed by atoms with van der Waals surface area (Å²) in [5.74, 6) is 0.955. The quantitative estimate of drug-likeness (QED) is 0.914. The minimum absolute atomic E-state index is 0.146. The second-order valence-corrected chi connectivity index (χ2v) is 5.77. The highest BCUT2D eigenvalue weighted by Crippen LogP contribution is 2.38. The van der Waals surface area contributed by atoms with E-state index >= 15 is 0 Å². The molecule has 1 aliphatic rings. The topological polar surface area (TPSA) is 38.1 Å². The van der Waals surface area contributed by atoms with E-state index < -0.39 is 0 Å². The highest BCUT2D eigenvalue weighted by atomic mass is 16.3. The van der Waals surface area contributed by atoms with Crippen LogP contribution in [-0.4, -0.2) is 18.1 Å². The molecule has 0 radical (unpaired) electrons. The van der Waals surface area contributed by atoms with Crippen LogP contribution in [0.5, 0.6) is 0 Å². The van der Waals surface area contributed by atoms with Gasteiger partial charge in [-0.1, -0.05) is 19.4 Å². The van der Waals surface area contributed by atoms with E-state index in [4.69, 9.17) is 9.40 Å². The molecule has 1 aromatic carbocycles. The third kappa shape index (κ3) is 2.27. The Bertz CT molecular complexity index is 562. The summed E-state index contributed by atoms with van der Waals surface area (Å²) >= 11 is 0. The van der Waals surface area contributed by atoms with Crippen molar-refractivity contribution in [3.05, 3.63) is 29.7 Å². The van der Waals surface area contributed by atoms with E-state index in [2.05, 4.69) is 37.4 Å². The summed E-state index contributed by atoms with van der Waals surface area (Å²) < 4.78 is 6.11. The molecule has 0 amide bonds. The number of nitrogens with zero attached hydrogens (tertiary/aromatic N) is 1. The van der Waals surface area contributed by atoms with Crippen molar-refractivity contribution >= 4 is 11.1 Å². The second-order valence-electron chi connectivity index (χ2n) is 5.77. The molecule has 3 nitrogen and oxygen atoms in total. The summed E-state index contributed by atoms with van der Waals surface area (Å²) in [5.41, 5.74) is 3.30. The van der Waals surface area contributed by atoms with Gasteiger partial charge in [-0.05, 0) is 57.0 Å². The van der Waals surface area contributed by atoms with E-state index in [0.717, 1.165) is 42.9 Å². The van der Waals surface area contributed by atoms with Gasteiger partial charge in [0.1, 0.15) is 5.52 Å². The van der Waals surface area contributed by atoms with Crippen molar-refractivity contribution in [3.63, 3.8) is 0 Å². The summed E-state index contributed by atoms with van der Waals surface area (Å²) in [6.45, 7) is 6.47. The largest absolute Gasteiger partial charge is 0.440 e. The maximum atomic E-state index is 6.11. The molecule has 0 aliphatic carbocycles. The lowest BCUT2D eigenvalue weighted by atomic mass is 9.75. The molecule has 2 heterocycles. The van der Waals surface area contributed by atoms with Crippen molar-refractivity contribution < 1.29 is 4.42 Å². The second kappa shape index (κ2) is 4.97. The van der Waals surface area contributed by atoms with Gasteiger partial charge in [0.2, 0.25) is 5.89 Å². The van der Waals surface area contributed by atoms with Crippen molar-refractivity contribution in [3.8, 4) is 0 Å². The Balaban J connectivity index is 2.04. The zero-order valence-electron chi connectivity index (χ0n) is 11.8. The number of oxazole rings is 1. The first-order valence-corrected chi connectivity index (χ1v) is 7.32. The zero-order chi connectivity index (χ0) is 13.3. The lowest BCUT2D eigenvalue weighted by molar-refractivity contribution is 0.234. The Morgan fingerprint density at radius 2 is 2.11 bits per heavy atom. The van der Waals surface area contributed by atoms with Crippen LogP contribution in [0, 0.1) is 6.92 Å². The monoisotopic (exact) mass is 258 g/mol. The fraction of sp³-hybridized carbons (Fsp3) is 0.562. The molecule has 3 rings (SSSR count). The van der Waals surface area contributed by atoms with Crippen LogP contribution in [0.2, 0.25) is 0 Å². The Labute approximate surface area is 114 Å². The van der Waals surface area contributed by atoms with Crippen LogP contribution in [0.4, 0.5) is 0 Å². The molecule has 2 aromatic rings.